The lowest BCUT2D eigenvalue weighted by Crippen LogP contribution is -2.39. The highest BCUT2D eigenvalue weighted by molar-refractivity contribution is 7.07. The topological polar surface area (TPSA) is 79.1 Å². The Labute approximate surface area is 211 Å². The minimum atomic E-state index is -0.646. The number of nitrogens with zero attached hydrogens (tertiary/aromatic N) is 2. The predicted molar refractivity (Wildman–Crippen MR) is 136 cm³/mol. The molecule has 0 N–H and O–H groups in total. The maximum Gasteiger partial charge on any atom is 0.338 e. The van der Waals surface area contributed by atoms with Gasteiger partial charge in [-0.05, 0) is 50.1 Å². The number of methoxy groups -OCH3 is 1. The number of esters is 1. The molecule has 182 valence electrons. The van der Waals surface area contributed by atoms with Crippen LogP contribution in [0.3, 0.4) is 0 Å². The summed E-state index contributed by atoms with van der Waals surface area (Å²) in [7, 11) is 1.52. The van der Waals surface area contributed by atoms with E-state index in [1.807, 2.05) is 37.3 Å². The van der Waals surface area contributed by atoms with Gasteiger partial charge in [0.25, 0.3) is 5.56 Å². The van der Waals surface area contributed by atoms with Crippen molar-refractivity contribution in [1.82, 2.24) is 4.57 Å². The summed E-state index contributed by atoms with van der Waals surface area (Å²) in [5.41, 5.74) is 2.09. The molecule has 9 heteroatoms. The fourth-order valence-electron chi connectivity index (χ4n) is 4.03. The molecule has 3 aromatic rings. The van der Waals surface area contributed by atoms with Crippen molar-refractivity contribution >= 4 is 35.0 Å². The Balaban J connectivity index is 1.92. The van der Waals surface area contributed by atoms with E-state index in [1.165, 1.54) is 18.4 Å². The van der Waals surface area contributed by atoms with Crippen LogP contribution in [0.15, 0.2) is 63.5 Å². The van der Waals surface area contributed by atoms with Gasteiger partial charge >= 0.3 is 5.97 Å². The fraction of sp³-hybridized carbons (Fsp3) is 0.269. The molecule has 0 bridgehead atoms. The Morgan fingerprint density at radius 2 is 1.94 bits per heavy atom. The first kappa shape index (κ1) is 24.8. The Bertz CT molecular complexity index is 1470. The van der Waals surface area contributed by atoms with Crippen LogP contribution >= 0.6 is 22.9 Å². The highest BCUT2D eigenvalue weighted by Crippen LogP contribution is 2.36. The molecule has 0 amide bonds. The molecule has 0 spiro atoms. The minimum absolute atomic E-state index is 0.224. The standard InChI is InChI=1S/C26H25ClN2O5S/c1-5-33-19-13-16(12-18(27)23(19)32-4)14-20-24(30)29-22(17-10-8-7-9-11-17)21(25(31)34-6-2)15(3)28-26(29)35-20/h7-14,22H,5-6H2,1-4H3/b20-14-/t22-/m1/s1. The first-order valence-corrected chi connectivity index (χ1v) is 12.3. The maximum absolute atomic E-state index is 13.7. The van der Waals surface area contributed by atoms with Crippen molar-refractivity contribution in [3.05, 3.63) is 89.6 Å². The molecule has 1 atom stereocenters. The van der Waals surface area contributed by atoms with Crippen molar-refractivity contribution in [3.63, 3.8) is 0 Å². The van der Waals surface area contributed by atoms with Crippen molar-refractivity contribution in [1.29, 1.82) is 0 Å². The van der Waals surface area contributed by atoms with Gasteiger partial charge in [-0.15, -0.1) is 0 Å². The average molecular weight is 513 g/mol. The van der Waals surface area contributed by atoms with Gasteiger partial charge in [0.05, 0.1) is 47.2 Å². The number of hydrogen-bond donors (Lipinski definition) is 0. The summed E-state index contributed by atoms with van der Waals surface area (Å²) < 4.78 is 18.3. The molecule has 0 fully saturated rings. The summed E-state index contributed by atoms with van der Waals surface area (Å²) in [4.78, 5) is 31.7. The van der Waals surface area contributed by atoms with Crippen LogP contribution in [0, 0.1) is 0 Å². The summed E-state index contributed by atoms with van der Waals surface area (Å²) in [5, 5.41) is 0.375. The highest BCUT2D eigenvalue weighted by Gasteiger charge is 2.33. The Hall–Kier alpha value is -3.36. The lowest BCUT2D eigenvalue weighted by Gasteiger charge is -2.24. The maximum atomic E-state index is 13.7. The number of carbonyl (C=O) groups is 1. The third-order valence-corrected chi connectivity index (χ3v) is 6.73. The van der Waals surface area contributed by atoms with Crippen LogP contribution in [0.1, 0.15) is 37.9 Å². The average Bonchev–Trinajstić information content (AvgIpc) is 3.13. The van der Waals surface area contributed by atoms with Crippen molar-refractivity contribution in [3.8, 4) is 11.5 Å². The smallest absolute Gasteiger partial charge is 0.338 e. The van der Waals surface area contributed by atoms with E-state index in [9.17, 15) is 9.59 Å². The van der Waals surface area contributed by atoms with Gasteiger partial charge in [0.2, 0.25) is 0 Å². The van der Waals surface area contributed by atoms with Crippen LogP contribution in [0.25, 0.3) is 6.08 Å². The number of carbonyl (C=O) groups excluding carboxylic acids is 1. The fourth-order valence-corrected chi connectivity index (χ4v) is 5.37. The Kier molecular flexibility index (Phi) is 7.42. The number of thiazole rings is 1. The van der Waals surface area contributed by atoms with Gasteiger partial charge in [-0.3, -0.25) is 9.36 Å². The van der Waals surface area contributed by atoms with Crippen molar-refractivity contribution < 1.29 is 19.0 Å². The van der Waals surface area contributed by atoms with Crippen molar-refractivity contribution in [2.24, 2.45) is 4.99 Å². The summed E-state index contributed by atoms with van der Waals surface area (Å²) in [6, 6.07) is 12.2. The molecular weight excluding hydrogens is 488 g/mol. The Morgan fingerprint density at radius 1 is 1.20 bits per heavy atom. The highest BCUT2D eigenvalue weighted by atomic mass is 35.5. The summed E-state index contributed by atoms with van der Waals surface area (Å²) >= 11 is 7.65. The van der Waals surface area contributed by atoms with Crippen molar-refractivity contribution in [2.75, 3.05) is 20.3 Å². The van der Waals surface area contributed by atoms with Gasteiger partial charge in [-0.25, -0.2) is 9.79 Å². The molecule has 4 rings (SSSR count). The van der Waals surface area contributed by atoms with Crippen molar-refractivity contribution in [2.45, 2.75) is 26.8 Å². The number of benzene rings is 2. The van der Waals surface area contributed by atoms with Crippen LogP contribution in [0.4, 0.5) is 0 Å². The number of aromatic nitrogens is 1. The lowest BCUT2D eigenvalue weighted by atomic mass is 9.96. The third-order valence-electron chi connectivity index (χ3n) is 5.47. The van der Waals surface area contributed by atoms with E-state index in [0.29, 0.717) is 49.3 Å². The van der Waals surface area contributed by atoms with E-state index in [1.54, 1.807) is 36.6 Å². The Morgan fingerprint density at radius 3 is 2.60 bits per heavy atom. The number of allylic oxidation sites excluding steroid dienone is 1. The molecule has 0 saturated heterocycles. The van der Waals surface area contributed by atoms with Gasteiger partial charge in [-0.1, -0.05) is 53.3 Å². The van der Waals surface area contributed by atoms with E-state index in [0.717, 1.165) is 5.56 Å². The van der Waals surface area contributed by atoms with Crippen LogP contribution < -0.4 is 24.4 Å². The number of rotatable bonds is 7. The van der Waals surface area contributed by atoms with Crippen LogP contribution in [-0.4, -0.2) is 30.9 Å². The quantitative estimate of drug-likeness (QED) is 0.449. The molecule has 7 nitrogen and oxygen atoms in total. The molecule has 0 radical (unpaired) electrons. The first-order valence-electron chi connectivity index (χ1n) is 11.1. The second kappa shape index (κ2) is 10.5. The van der Waals surface area contributed by atoms with E-state index >= 15 is 0 Å². The SMILES string of the molecule is CCOC(=O)C1=C(C)N=c2s/c(=C\c3cc(Cl)c(OC)c(OCC)c3)c(=O)n2[C@@H]1c1ccccc1. The second-order valence-corrected chi connectivity index (χ2v) is 9.10. The molecule has 0 saturated carbocycles. The molecule has 35 heavy (non-hydrogen) atoms. The molecule has 0 unspecified atom stereocenters. The van der Waals surface area contributed by atoms with Gasteiger partial charge in [0, 0.05) is 0 Å². The molecule has 0 aliphatic carbocycles. The molecular formula is C26H25ClN2O5S. The van der Waals surface area contributed by atoms with Gasteiger partial charge in [0.1, 0.15) is 0 Å². The number of hydrogen-bond acceptors (Lipinski definition) is 7. The summed E-state index contributed by atoms with van der Waals surface area (Å²) in [5.74, 6) is 0.440. The predicted octanol–water partition coefficient (Wildman–Crippen LogP) is 3.86. The van der Waals surface area contributed by atoms with Crippen LogP contribution in [-0.2, 0) is 9.53 Å². The van der Waals surface area contributed by atoms with E-state index in [2.05, 4.69) is 4.99 Å². The van der Waals surface area contributed by atoms with Crippen LogP contribution in [0.2, 0.25) is 5.02 Å². The van der Waals surface area contributed by atoms with Crippen LogP contribution in [0.5, 0.6) is 11.5 Å². The van der Waals surface area contributed by atoms with Gasteiger partial charge in [-0.2, -0.15) is 0 Å². The zero-order valence-electron chi connectivity index (χ0n) is 19.8. The number of ether oxygens (including phenoxy) is 3. The number of fused-ring (bicyclic) bond motifs is 1. The molecule has 1 aliphatic heterocycles. The zero-order valence-corrected chi connectivity index (χ0v) is 21.4. The molecule has 2 heterocycles. The summed E-state index contributed by atoms with van der Waals surface area (Å²) in [6.07, 6.45) is 1.74. The zero-order chi connectivity index (χ0) is 25.1. The number of halogens is 1. The van der Waals surface area contributed by atoms with Gasteiger partial charge < -0.3 is 14.2 Å². The first-order chi connectivity index (χ1) is 16.9. The normalized spacial score (nSPS) is 15.5. The van der Waals surface area contributed by atoms with Gasteiger partial charge in [0.15, 0.2) is 16.3 Å². The third kappa shape index (κ3) is 4.76. The molecule has 1 aliphatic rings. The molecule has 2 aromatic carbocycles. The van der Waals surface area contributed by atoms with E-state index in [4.69, 9.17) is 25.8 Å². The largest absolute Gasteiger partial charge is 0.491 e. The summed E-state index contributed by atoms with van der Waals surface area (Å²) in [6.45, 7) is 6.03. The molecule has 1 aromatic heterocycles. The lowest BCUT2D eigenvalue weighted by molar-refractivity contribution is -0.139. The van der Waals surface area contributed by atoms with E-state index < -0.39 is 12.0 Å². The van der Waals surface area contributed by atoms with E-state index in [-0.39, 0.29) is 12.2 Å². The minimum Gasteiger partial charge on any atom is -0.491 e. The second-order valence-electron chi connectivity index (χ2n) is 7.68. The monoisotopic (exact) mass is 512 g/mol.